The van der Waals surface area contributed by atoms with Crippen molar-refractivity contribution in [3.05, 3.63) is 0 Å². The first-order valence-corrected chi connectivity index (χ1v) is 2.96. The minimum absolute atomic E-state index is 0.101. The summed E-state index contributed by atoms with van der Waals surface area (Å²) in [5, 5.41) is 17.1. The maximum atomic E-state index is 12.6. The second-order valence-corrected chi connectivity index (χ2v) is 2.59. The molecule has 1 unspecified atom stereocenters. The molecule has 0 saturated heterocycles. The topological polar surface area (TPSA) is 40.5 Å². The molecule has 0 amide bonds. The third-order valence-corrected chi connectivity index (χ3v) is 1.19. The highest BCUT2D eigenvalue weighted by Crippen LogP contribution is 2.16. The van der Waals surface area contributed by atoms with Gasteiger partial charge in [-0.05, 0) is 20.3 Å². The Labute approximate surface area is 54.3 Å². The van der Waals surface area contributed by atoms with Gasteiger partial charge in [0.2, 0.25) is 0 Å². The summed E-state index contributed by atoms with van der Waals surface area (Å²) in [6, 6.07) is 0. The molecule has 0 rings (SSSR count). The van der Waals surface area contributed by atoms with Crippen LogP contribution in [0.2, 0.25) is 0 Å². The molecule has 0 aromatic carbocycles. The molecule has 0 aliphatic rings. The number of aliphatic hydroxyl groups is 2. The minimum atomic E-state index is -1.59. The minimum Gasteiger partial charge on any atom is -0.396 e. The van der Waals surface area contributed by atoms with Crippen LogP contribution < -0.4 is 0 Å². The Morgan fingerprint density at radius 1 is 1.56 bits per heavy atom. The van der Waals surface area contributed by atoms with Gasteiger partial charge in [-0.15, -0.1) is 0 Å². The lowest BCUT2D eigenvalue weighted by Crippen LogP contribution is -2.31. The Bertz CT molecular complexity index is 77.6. The highest BCUT2D eigenvalue weighted by molar-refractivity contribution is 4.75. The Morgan fingerprint density at radius 2 is 2.00 bits per heavy atom. The lowest BCUT2D eigenvalue weighted by molar-refractivity contribution is 0.00204. The lowest BCUT2D eigenvalue weighted by Gasteiger charge is -2.20. The number of halogens is 1. The quantitative estimate of drug-likeness (QED) is 0.592. The van der Waals surface area contributed by atoms with Gasteiger partial charge >= 0.3 is 0 Å². The predicted octanol–water partition coefficient (Wildman–Crippen LogP) is 0.478. The lowest BCUT2D eigenvalue weighted by atomic mass is 10.0. The Balaban J connectivity index is 3.59. The zero-order valence-corrected chi connectivity index (χ0v) is 5.76. The number of hydrogen-bond donors (Lipinski definition) is 2. The van der Waals surface area contributed by atoms with Gasteiger partial charge in [-0.2, -0.15) is 0 Å². The van der Waals surface area contributed by atoms with Gasteiger partial charge in [0.1, 0.15) is 5.67 Å². The Kier molecular flexibility index (Phi) is 3.08. The number of alkyl halides is 1. The second-order valence-electron chi connectivity index (χ2n) is 2.59. The molecule has 0 heterocycles. The first kappa shape index (κ1) is 8.85. The van der Waals surface area contributed by atoms with Crippen molar-refractivity contribution in [2.45, 2.75) is 32.0 Å². The molecule has 0 spiro atoms. The van der Waals surface area contributed by atoms with E-state index in [9.17, 15) is 4.39 Å². The van der Waals surface area contributed by atoms with Gasteiger partial charge in [0.25, 0.3) is 0 Å². The molecule has 0 fully saturated rings. The summed E-state index contributed by atoms with van der Waals surface area (Å²) in [5.74, 6) is 0. The fraction of sp³-hybridized carbons (Fsp3) is 1.00. The van der Waals surface area contributed by atoms with E-state index < -0.39 is 11.8 Å². The largest absolute Gasteiger partial charge is 0.396 e. The highest BCUT2D eigenvalue weighted by Gasteiger charge is 2.25. The molecule has 0 aliphatic carbocycles. The molecule has 9 heavy (non-hydrogen) atoms. The van der Waals surface area contributed by atoms with Crippen LogP contribution in [-0.2, 0) is 0 Å². The van der Waals surface area contributed by atoms with Crippen LogP contribution in [-0.4, -0.2) is 28.6 Å². The van der Waals surface area contributed by atoms with Crippen LogP contribution in [0.15, 0.2) is 0 Å². The third-order valence-electron chi connectivity index (χ3n) is 1.19. The molecule has 1 atom stereocenters. The van der Waals surface area contributed by atoms with E-state index in [4.69, 9.17) is 10.2 Å². The van der Waals surface area contributed by atoms with Crippen molar-refractivity contribution in [1.82, 2.24) is 0 Å². The number of rotatable bonds is 3. The summed E-state index contributed by atoms with van der Waals surface area (Å²) in [5.41, 5.74) is -1.59. The van der Waals surface area contributed by atoms with Crippen LogP contribution in [0.25, 0.3) is 0 Å². The molecule has 0 aliphatic heterocycles. The molecule has 2 N–H and O–H groups in total. The maximum Gasteiger partial charge on any atom is 0.131 e. The summed E-state index contributed by atoms with van der Waals surface area (Å²) >= 11 is 0. The summed E-state index contributed by atoms with van der Waals surface area (Å²) in [7, 11) is 0. The molecular weight excluding hydrogens is 123 g/mol. The van der Waals surface area contributed by atoms with E-state index in [-0.39, 0.29) is 13.0 Å². The van der Waals surface area contributed by atoms with Crippen LogP contribution in [0.5, 0.6) is 0 Å². The maximum absolute atomic E-state index is 12.6. The van der Waals surface area contributed by atoms with Gasteiger partial charge in [-0.3, -0.25) is 0 Å². The van der Waals surface area contributed by atoms with Gasteiger partial charge in [0.05, 0.1) is 6.10 Å². The third kappa shape index (κ3) is 3.43. The number of aliphatic hydroxyl groups excluding tert-OH is 2. The van der Waals surface area contributed by atoms with Crippen molar-refractivity contribution in [3.8, 4) is 0 Å². The first-order valence-electron chi connectivity index (χ1n) is 2.96. The molecule has 56 valence electrons. The zero-order valence-electron chi connectivity index (χ0n) is 5.76. The second kappa shape index (κ2) is 3.13. The van der Waals surface area contributed by atoms with Crippen molar-refractivity contribution in [3.63, 3.8) is 0 Å². The molecule has 0 aromatic heterocycles. The molecule has 0 saturated carbocycles. The Hall–Kier alpha value is -0.150. The molecular formula is C6H13FO2. The molecule has 2 nitrogen and oxygen atoms in total. The summed E-state index contributed by atoms with van der Waals surface area (Å²) in [6.45, 7) is 2.40. The van der Waals surface area contributed by atoms with E-state index in [0.29, 0.717) is 0 Å². The molecule has 3 heteroatoms. The number of hydrogen-bond acceptors (Lipinski definition) is 2. The zero-order chi connectivity index (χ0) is 7.49. The van der Waals surface area contributed by atoms with Gasteiger partial charge < -0.3 is 10.2 Å². The van der Waals surface area contributed by atoms with Gasteiger partial charge in [0, 0.05) is 6.61 Å². The van der Waals surface area contributed by atoms with E-state index in [2.05, 4.69) is 0 Å². The fourth-order valence-corrected chi connectivity index (χ4v) is 0.466. The first-order chi connectivity index (χ1) is 3.98. The van der Waals surface area contributed by atoms with Crippen molar-refractivity contribution in [2.24, 2.45) is 0 Å². The van der Waals surface area contributed by atoms with Gasteiger partial charge in [-0.1, -0.05) is 0 Å². The van der Waals surface area contributed by atoms with Crippen molar-refractivity contribution >= 4 is 0 Å². The average Bonchev–Trinajstić information content (AvgIpc) is 1.64. The van der Waals surface area contributed by atoms with E-state index in [1.165, 1.54) is 13.8 Å². The van der Waals surface area contributed by atoms with Crippen molar-refractivity contribution < 1.29 is 14.6 Å². The SMILES string of the molecule is CC(C)(F)C(O)CCO. The summed E-state index contributed by atoms with van der Waals surface area (Å²) in [4.78, 5) is 0. The normalized spacial score (nSPS) is 15.7. The fourth-order valence-electron chi connectivity index (χ4n) is 0.466. The monoisotopic (exact) mass is 136 g/mol. The summed E-state index contributed by atoms with van der Waals surface area (Å²) < 4.78 is 12.6. The summed E-state index contributed by atoms with van der Waals surface area (Å²) in [6.07, 6.45) is -0.953. The van der Waals surface area contributed by atoms with Gasteiger partial charge in [0.15, 0.2) is 0 Å². The molecule has 0 radical (unpaired) electrons. The van der Waals surface area contributed by atoms with Crippen LogP contribution in [0.4, 0.5) is 4.39 Å². The smallest absolute Gasteiger partial charge is 0.131 e. The van der Waals surface area contributed by atoms with Crippen LogP contribution in [0.1, 0.15) is 20.3 Å². The predicted molar refractivity (Wildman–Crippen MR) is 32.9 cm³/mol. The van der Waals surface area contributed by atoms with E-state index in [0.717, 1.165) is 0 Å². The van der Waals surface area contributed by atoms with Crippen LogP contribution in [0, 0.1) is 0 Å². The van der Waals surface area contributed by atoms with E-state index >= 15 is 0 Å². The molecule has 0 aromatic rings. The van der Waals surface area contributed by atoms with Gasteiger partial charge in [-0.25, -0.2) is 4.39 Å². The standard InChI is InChI=1S/C6H13FO2/c1-6(2,7)5(9)3-4-8/h5,8-9H,3-4H2,1-2H3. The van der Waals surface area contributed by atoms with Crippen LogP contribution >= 0.6 is 0 Å². The van der Waals surface area contributed by atoms with Crippen molar-refractivity contribution in [1.29, 1.82) is 0 Å². The van der Waals surface area contributed by atoms with E-state index in [1.807, 2.05) is 0 Å². The molecule has 0 bridgehead atoms. The Morgan fingerprint density at radius 3 is 2.11 bits per heavy atom. The van der Waals surface area contributed by atoms with Crippen LogP contribution in [0.3, 0.4) is 0 Å². The van der Waals surface area contributed by atoms with Crippen molar-refractivity contribution in [2.75, 3.05) is 6.61 Å². The average molecular weight is 136 g/mol. The van der Waals surface area contributed by atoms with E-state index in [1.54, 1.807) is 0 Å². The highest BCUT2D eigenvalue weighted by atomic mass is 19.1.